The molecule has 4 rings (SSSR count). The lowest BCUT2D eigenvalue weighted by Crippen LogP contribution is -2.47. The Labute approximate surface area is 178 Å². The Morgan fingerprint density at radius 1 is 1.26 bits per heavy atom. The normalized spacial score (nSPS) is 22.3. The van der Waals surface area contributed by atoms with Crippen molar-refractivity contribution in [1.29, 1.82) is 0 Å². The number of allylic oxidation sites excluding steroid dienone is 1. The topological polar surface area (TPSA) is 60.3 Å². The summed E-state index contributed by atoms with van der Waals surface area (Å²) >= 11 is 0. The summed E-state index contributed by atoms with van der Waals surface area (Å²) in [4.78, 5) is 22.4. The fourth-order valence-electron chi connectivity index (χ4n) is 3.86. The quantitative estimate of drug-likeness (QED) is 0.727. The third-order valence-corrected chi connectivity index (χ3v) is 5.28. The molecule has 31 heavy (non-hydrogen) atoms. The predicted octanol–water partition coefficient (Wildman–Crippen LogP) is 3.89. The highest BCUT2D eigenvalue weighted by Crippen LogP contribution is 2.31. The van der Waals surface area contributed by atoms with Gasteiger partial charge in [0.05, 0.1) is 0 Å². The number of fused-ring (bicyclic) bond motifs is 1. The molecule has 1 fully saturated rings. The van der Waals surface area contributed by atoms with Crippen LogP contribution in [-0.2, 0) is 0 Å². The lowest BCUT2D eigenvalue weighted by molar-refractivity contribution is 0.0663. The molecule has 0 saturated carbocycles. The van der Waals surface area contributed by atoms with E-state index in [1.165, 1.54) is 25.4 Å². The molecule has 1 amide bonds. The van der Waals surface area contributed by atoms with E-state index >= 15 is 0 Å². The number of aliphatic imine (C=N–C) groups is 2. The summed E-state index contributed by atoms with van der Waals surface area (Å²) in [6.45, 7) is 6.11. The van der Waals surface area contributed by atoms with Crippen LogP contribution in [0.4, 0.5) is 17.6 Å². The Balaban J connectivity index is 0.00000132. The van der Waals surface area contributed by atoms with Crippen molar-refractivity contribution in [2.24, 2.45) is 15.9 Å². The summed E-state index contributed by atoms with van der Waals surface area (Å²) in [5.74, 6) is -2.69. The number of alkyl halides is 2. The Hall–Kier alpha value is -2.91. The van der Waals surface area contributed by atoms with Crippen molar-refractivity contribution in [1.82, 2.24) is 15.3 Å². The number of carbonyl (C=O) groups is 1. The van der Waals surface area contributed by atoms with Gasteiger partial charge in [-0.05, 0) is 43.5 Å². The maximum atomic E-state index is 13.7. The highest BCUT2D eigenvalue weighted by atomic mass is 19.3. The molecule has 1 saturated heterocycles. The molecule has 0 spiro atoms. The minimum atomic E-state index is -2.73. The van der Waals surface area contributed by atoms with Crippen LogP contribution < -0.4 is 5.43 Å². The zero-order valence-electron chi connectivity index (χ0n) is 17.6. The largest absolute Gasteiger partial charge is 0.338 e. The minimum Gasteiger partial charge on any atom is -0.338 e. The number of rotatable bonds is 3. The third kappa shape index (κ3) is 4.57. The van der Waals surface area contributed by atoms with Gasteiger partial charge in [0.15, 0.2) is 11.6 Å². The standard InChI is InChI=1S/C19H19F4N5O.C2H6/c1-10-5-12(6-13(20)16(10)21)18(29)27-4-2-3-11(8-27)15-7-14(17(22)23)26-19-24-9-25-28(15)19;1-2/h5-7,9,11,17,19H,2-4,8H2,1H3,(H,24,25);1-2H3/t11-,19?;/m0./s1. The fraction of sp³-hybridized carbons (Fsp3) is 0.476. The van der Waals surface area contributed by atoms with E-state index in [9.17, 15) is 22.4 Å². The van der Waals surface area contributed by atoms with E-state index in [-0.39, 0.29) is 29.3 Å². The second-order valence-electron chi connectivity index (χ2n) is 7.23. The summed E-state index contributed by atoms with van der Waals surface area (Å²) in [6, 6.07) is 2.21. The molecule has 0 aliphatic carbocycles. The molecule has 3 heterocycles. The van der Waals surface area contributed by atoms with Crippen molar-refractivity contribution >= 4 is 18.0 Å². The zero-order chi connectivity index (χ0) is 22.7. The van der Waals surface area contributed by atoms with Gasteiger partial charge < -0.3 is 4.90 Å². The second-order valence-corrected chi connectivity index (χ2v) is 7.23. The smallest absolute Gasteiger partial charge is 0.280 e. The Morgan fingerprint density at radius 3 is 2.68 bits per heavy atom. The highest BCUT2D eigenvalue weighted by molar-refractivity contribution is 5.99. The van der Waals surface area contributed by atoms with Crippen LogP contribution in [0.25, 0.3) is 0 Å². The number of nitrogens with one attached hydrogen (secondary N) is 1. The summed E-state index contributed by atoms with van der Waals surface area (Å²) in [7, 11) is 0. The first-order valence-electron chi connectivity index (χ1n) is 10.2. The van der Waals surface area contributed by atoms with Gasteiger partial charge in [0.2, 0.25) is 6.29 Å². The number of halogens is 4. The molecule has 6 nitrogen and oxygen atoms in total. The van der Waals surface area contributed by atoms with E-state index in [0.717, 1.165) is 6.07 Å². The molecule has 0 radical (unpaired) electrons. The van der Waals surface area contributed by atoms with Crippen LogP contribution in [0.5, 0.6) is 0 Å². The van der Waals surface area contributed by atoms with Gasteiger partial charge >= 0.3 is 0 Å². The van der Waals surface area contributed by atoms with Crippen molar-refractivity contribution in [3.8, 4) is 0 Å². The monoisotopic (exact) mass is 439 g/mol. The van der Waals surface area contributed by atoms with Gasteiger partial charge in [0.25, 0.3) is 12.3 Å². The molecule has 0 bridgehead atoms. The number of benzene rings is 1. The predicted molar refractivity (Wildman–Crippen MR) is 110 cm³/mol. The number of hydrogen-bond donors (Lipinski definition) is 1. The van der Waals surface area contributed by atoms with Crippen LogP contribution >= 0.6 is 0 Å². The lowest BCUT2D eigenvalue weighted by atomic mass is 9.92. The fourth-order valence-corrected chi connectivity index (χ4v) is 3.86. The van der Waals surface area contributed by atoms with Gasteiger partial charge in [-0.2, -0.15) is 0 Å². The Morgan fingerprint density at radius 2 is 2.00 bits per heavy atom. The average molecular weight is 439 g/mol. The van der Waals surface area contributed by atoms with E-state index in [2.05, 4.69) is 15.4 Å². The van der Waals surface area contributed by atoms with Crippen LogP contribution in [0.1, 0.15) is 42.6 Å². The number of carbonyl (C=O) groups excluding carboxylic acids is 1. The molecule has 0 aromatic heterocycles. The van der Waals surface area contributed by atoms with Gasteiger partial charge in [0.1, 0.15) is 12.1 Å². The number of piperidine rings is 1. The van der Waals surface area contributed by atoms with Crippen LogP contribution in [-0.4, -0.2) is 53.7 Å². The molecule has 3 aliphatic heterocycles. The second kappa shape index (κ2) is 9.49. The maximum absolute atomic E-state index is 13.7. The van der Waals surface area contributed by atoms with Gasteiger partial charge in [-0.15, -0.1) is 0 Å². The SMILES string of the molecule is CC.Cc1cc(C(=O)N2CCC[C@H](C3=CC(C(F)F)=NC4N=CNN34)C2)cc(F)c1F. The van der Waals surface area contributed by atoms with Crippen molar-refractivity contribution < 1.29 is 22.4 Å². The van der Waals surface area contributed by atoms with Crippen LogP contribution in [0, 0.1) is 24.5 Å². The number of hydrogen-bond acceptors (Lipinski definition) is 5. The van der Waals surface area contributed by atoms with Gasteiger partial charge in [-0.25, -0.2) is 32.6 Å². The van der Waals surface area contributed by atoms with Crippen molar-refractivity contribution in [2.45, 2.75) is 46.3 Å². The van der Waals surface area contributed by atoms with Crippen molar-refractivity contribution in [2.75, 3.05) is 13.1 Å². The average Bonchev–Trinajstić information content (AvgIpc) is 3.26. The molecule has 3 aliphatic rings. The van der Waals surface area contributed by atoms with Crippen LogP contribution in [0.2, 0.25) is 0 Å². The molecule has 1 unspecified atom stereocenters. The van der Waals surface area contributed by atoms with Crippen molar-refractivity contribution in [3.63, 3.8) is 0 Å². The molecular formula is C21H25F4N5O. The van der Waals surface area contributed by atoms with Crippen LogP contribution in [0.3, 0.4) is 0 Å². The molecule has 1 N–H and O–H groups in total. The molecule has 1 aromatic carbocycles. The Bertz CT molecular complexity index is 907. The van der Waals surface area contributed by atoms with E-state index in [1.807, 2.05) is 13.8 Å². The van der Waals surface area contributed by atoms with E-state index in [0.29, 0.717) is 25.1 Å². The maximum Gasteiger partial charge on any atom is 0.280 e. The van der Waals surface area contributed by atoms with Gasteiger partial charge in [-0.1, -0.05) is 13.8 Å². The van der Waals surface area contributed by atoms with Crippen LogP contribution in [0.15, 0.2) is 33.9 Å². The lowest BCUT2D eigenvalue weighted by Gasteiger charge is -2.39. The number of likely N-dealkylation sites (tertiary alicyclic amines) is 1. The first-order chi connectivity index (χ1) is 14.8. The molecule has 168 valence electrons. The Kier molecular flexibility index (Phi) is 6.97. The highest BCUT2D eigenvalue weighted by Gasteiger charge is 2.36. The molecule has 1 aromatic rings. The first kappa shape index (κ1) is 22.8. The summed E-state index contributed by atoms with van der Waals surface area (Å²) in [5.41, 5.74) is 3.24. The van der Waals surface area contributed by atoms with Gasteiger partial charge in [0, 0.05) is 30.3 Å². The number of nitrogens with zero attached hydrogens (tertiary/aromatic N) is 4. The number of amides is 1. The summed E-state index contributed by atoms with van der Waals surface area (Å²) < 4.78 is 53.8. The van der Waals surface area contributed by atoms with Gasteiger partial charge in [-0.3, -0.25) is 10.2 Å². The molecule has 2 atom stereocenters. The third-order valence-electron chi connectivity index (χ3n) is 5.28. The number of aryl methyl sites for hydroxylation is 1. The van der Waals surface area contributed by atoms with E-state index in [1.54, 1.807) is 9.91 Å². The summed E-state index contributed by atoms with van der Waals surface area (Å²) in [6.07, 6.45) is 0.550. The first-order valence-corrected chi connectivity index (χ1v) is 10.2. The summed E-state index contributed by atoms with van der Waals surface area (Å²) in [5, 5.41) is 1.60. The van der Waals surface area contributed by atoms with Crippen molar-refractivity contribution in [3.05, 3.63) is 46.7 Å². The van der Waals surface area contributed by atoms with E-state index < -0.39 is 30.3 Å². The molecular weight excluding hydrogens is 414 g/mol. The minimum absolute atomic E-state index is 0.0518. The molecule has 10 heteroatoms. The van der Waals surface area contributed by atoms with E-state index in [4.69, 9.17) is 0 Å². The number of hydrazine groups is 1. The zero-order valence-corrected chi connectivity index (χ0v) is 17.6.